The maximum absolute atomic E-state index is 5.76. The smallest absolute Gasteiger partial charge is 0.153 e. The lowest BCUT2D eigenvalue weighted by Gasteiger charge is -2.25. The molecule has 2 heterocycles. The van der Waals surface area contributed by atoms with Crippen LogP contribution in [0, 0.1) is 0 Å². The van der Waals surface area contributed by atoms with Gasteiger partial charge < -0.3 is 10.1 Å². The number of H-pyrrole nitrogens is 1. The lowest BCUT2D eigenvalue weighted by Crippen LogP contribution is -2.22. The standard InChI is InChI=1S/C10H17N3O/c1-4-11-10-9-7(3)14-6(2)5-8(9)12-13-10/h6-7H,4-5H2,1-3H3,(H2,11,12,13). The van der Waals surface area contributed by atoms with Gasteiger partial charge in [-0.1, -0.05) is 0 Å². The summed E-state index contributed by atoms with van der Waals surface area (Å²) in [6, 6.07) is 0. The number of ether oxygens (including phenoxy) is 1. The van der Waals surface area contributed by atoms with Gasteiger partial charge in [-0.05, 0) is 20.8 Å². The maximum Gasteiger partial charge on any atom is 0.153 e. The van der Waals surface area contributed by atoms with E-state index in [1.54, 1.807) is 0 Å². The SMILES string of the molecule is CCNc1n[nH]c2c1C(C)OC(C)C2. The molecule has 1 aliphatic rings. The predicted octanol–water partition coefficient (Wildman–Crippen LogP) is 1.86. The molecule has 2 unspecified atom stereocenters. The molecule has 0 radical (unpaired) electrons. The topological polar surface area (TPSA) is 49.9 Å². The fraction of sp³-hybridized carbons (Fsp3) is 0.700. The molecule has 14 heavy (non-hydrogen) atoms. The molecule has 0 saturated carbocycles. The van der Waals surface area contributed by atoms with Crippen molar-refractivity contribution in [3.63, 3.8) is 0 Å². The molecule has 4 heteroatoms. The molecule has 2 N–H and O–H groups in total. The Hall–Kier alpha value is -1.03. The number of hydrogen-bond donors (Lipinski definition) is 2. The molecule has 2 rings (SSSR count). The van der Waals surface area contributed by atoms with E-state index in [2.05, 4.69) is 36.3 Å². The number of anilines is 1. The van der Waals surface area contributed by atoms with Crippen LogP contribution in [0.15, 0.2) is 0 Å². The molecule has 2 atom stereocenters. The summed E-state index contributed by atoms with van der Waals surface area (Å²) in [6.45, 7) is 7.12. The fourth-order valence-corrected chi connectivity index (χ4v) is 2.03. The molecular weight excluding hydrogens is 178 g/mol. The molecule has 4 nitrogen and oxygen atoms in total. The number of rotatable bonds is 2. The second-order valence-electron chi connectivity index (χ2n) is 3.79. The lowest BCUT2D eigenvalue weighted by atomic mass is 10.0. The number of nitrogens with one attached hydrogen (secondary N) is 2. The van der Waals surface area contributed by atoms with Crippen LogP contribution in [0.5, 0.6) is 0 Å². The van der Waals surface area contributed by atoms with Crippen molar-refractivity contribution in [2.45, 2.75) is 39.4 Å². The average Bonchev–Trinajstić information content (AvgIpc) is 2.49. The van der Waals surface area contributed by atoms with Crippen LogP contribution in [-0.2, 0) is 11.2 Å². The maximum atomic E-state index is 5.76. The largest absolute Gasteiger partial charge is 0.370 e. The summed E-state index contributed by atoms with van der Waals surface area (Å²) < 4.78 is 5.76. The zero-order valence-corrected chi connectivity index (χ0v) is 8.92. The van der Waals surface area contributed by atoms with E-state index >= 15 is 0 Å². The predicted molar refractivity (Wildman–Crippen MR) is 55.4 cm³/mol. The Morgan fingerprint density at radius 2 is 2.36 bits per heavy atom. The summed E-state index contributed by atoms with van der Waals surface area (Å²) in [4.78, 5) is 0. The third-order valence-electron chi connectivity index (χ3n) is 2.56. The molecule has 0 aromatic carbocycles. The van der Waals surface area contributed by atoms with E-state index in [1.165, 1.54) is 11.3 Å². The van der Waals surface area contributed by atoms with Gasteiger partial charge in [-0.3, -0.25) is 5.10 Å². The molecule has 0 bridgehead atoms. The first-order valence-electron chi connectivity index (χ1n) is 5.18. The van der Waals surface area contributed by atoms with Crippen molar-refractivity contribution >= 4 is 5.82 Å². The van der Waals surface area contributed by atoms with Crippen LogP contribution in [-0.4, -0.2) is 22.8 Å². The highest BCUT2D eigenvalue weighted by Gasteiger charge is 2.26. The number of hydrogen-bond acceptors (Lipinski definition) is 3. The zero-order valence-electron chi connectivity index (χ0n) is 8.92. The van der Waals surface area contributed by atoms with Gasteiger partial charge in [0.05, 0.1) is 12.2 Å². The second-order valence-corrected chi connectivity index (χ2v) is 3.79. The minimum atomic E-state index is 0.140. The van der Waals surface area contributed by atoms with Gasteiger partial charge in [0.2, 0.25) is 0 Å². The van der Waals surface area contributed by atoms with Gasteiger partial charge in [0, 0.05) is 24.2 Å². The van der Waals surface area contributed by atoms with Crippen molar-refractivity contribution < 1.29 is 4.74 Å². The van der Waals surface area contributed by atoms with Crippen molar-refractivity contribution in [1.29, 1.82) is 0 Å². The van der Waals surface area contributed by atoms with Crippen LogP contribution in [0.1, 0.15) is 38.1 Å². The van der Waals surface area contributed by atoms with E-state index < -0.39 is 0 Å². The minimum absolute atomic E-state index is 0.140. The Balaban J connectivity index is 2.32. The van der Waals surface area contributed by atoms with Crippen molar-refractivity contribution in [3.05, 3.63) is 11.3 Å². The Bertz CT molecular complexity index is 308. The summed E-state index contributed by atoms with van der Waals surface area (Å²) in [7, 11) is 0. The molecule has 0 saturated heterocycles. The van der Waals surface area contributed by atoms with Crippen LogP contribution in [0.2, 0.25) is 0 Å². The molecule has 0 spiro atoms. The molecular formula is C10H17N3O. The molecule has 1 aromatic heterocycles. The van der Waals surface area contributed by atoms with E-state index in [1.807, 2.05) is 0 Å². The molecule has 1 aromatic rings. The van der Waals surface area contributed by atoms with Crippen LogP contribution in [0.3, 0.4) is 0 Å². The van der Waals surface area contributed by atoms with E-state index in [0.29, 0.717) is 0 Å². The van der Waals surface area contributed by atoms with Crippen molar-refractivity contribution in [2.75, 3.05) is 11.9 Å². The number of aromatic amines is 1. The Morgan fingerprint density at radius 1 is 1.57 bits per heavy atom. The summed E-state index contributed by atoms with van der Waals surface area (Å²) in [5.74, 6) is 0.946. The average molecular weight is 195 g/mol. The first kappa shape index (κ1) is 9.52. The Morgan fingerprint density at radius 3 is 3.07 bits per heavy atom. The highest BCUT2D eigenvalue weighted by molar-refractivity contribution is 5.48. The first-order chi connectivity index (χ1) is 6.72. The van der Waals surface area contributed by atoms with E-state index in [4.69, 9.17) is 4.74 Å². The third kappa shape index (κ3) is 1.50. The summed E-state index contributed by atoms with van der Waals surface area (Å²) in [6.07, 6.45) is 1.35. The third-order valence-corrected chi connectivity index (χ3v) is 2.56. The Labute approximate surface area is 84.0 Å². The van der Waals surface area contributed by atoms with Crippen LogP contribution >= 0.6 is 0 Å². The van der Waals surface area contributed by atoms with Gasteiger partial charge in [0.1, 0.15) is 0 Å². The molecule has 0 amide bonds. The highest BCUT2D eigenvalue weighted by Crippen LogP contribution is 2.33. The quantitative estimate of drug-likeness (QED) is 0.757. The van der Waals surface area contributed by atoms with Gasteiger partial charge in [-0.15, -0.1) is 0 Å². The van der Waals surface area contributed by atoms with Crippen LogP contribution in [0.25, 0.3) is 0 Å². The second kappa shape index (κ2) is 3.61. The van der Waals surface area contributed by atoms with Crippen molar-refractivity contribution in [1.82, 2.24) is 10.2 Å². The number of nitrogens with zero attached hydrogens (tertiary/aromatic N) is 1. The van der Waals surface area contributed by atoms with Gasteiger partial charge in [0.15, 0.2) is 5.82 Å². The number of fused-ring (bicyclic) bond motifs is 1. The highest BCUT2D eigenvalue weighted by atomic mass is 16.5. The van der Waals surface area contributed by atoms with E-state index in [0.717, 1.165) is 18.8 Å². The molecule has 0 aliphatic carbocycles. The fourth-order valence-electron chi connectivity index (χ4n) is 2.03. The summed E-state index contributed by atoms with van der Waals surface area (Å²) >= 11 is 0. The number of aromatic nitrogens is 2. The van der Waals surface area contributed by atoms with Gasteiger partial charge in [-0.2, -0.15) is 5.10 Å². The molecule has 0 fully saturated rings. The first-order valence-corrected chi connectivity index (χ1v) is 5.18. The lowest BCUT2D eigenvalue weighted by molar-refractivity contribution is -0.00477. The van der Waals surface area contributed by atoms with Crippen LogP contribution < -0.4 is 5.32 Å². The van der Waals surface area contributed by atoms with Gasteiger partial charge in [0.25, 0.3) is 0 Å². The molecule has 1 aliphatic heterocycles. The Kier molecular flexibility index (Phi) is 2.46. The zero-order chi connectivity index (χ0) is 10.1. The summed E-state index contributed by atoms with van der Waals surface area (Å²) in [5, 5.41) is 10.6. The minimum Gasteiger partial charge on any atom is -0.370 e. The monoisotopic (exact) mass is 195 g/mol. The van der Waals surface area contributed by atoms with Gasteiger partial charge in [-0.25, -0.2) is 0 Å². The van der Waals surface area contributed by atoms with E-state index in [9.17, 15) is 0 Å². The molecule has 78 valence electrons. The normalized spacial score (nSPS) is 25.9. The van der Waals surface area contributed by atoms with E-state index in [-0.39, 0.29) is 12.2 Å². The van der Waals surface area contributed by atoms with Crippen LogP contribution in [0.4, 0.5) is 5.82 Å². The summed E-state index contributed by atoms with van der Waals surface area (Å²) in [5.41, 5.74) is 2.41. The van der Waals surface area contributed by atoms with Crippen molar-refractivity contribution in [2.24, 2.45) is 0 Å². The van der Waals surface area contributed by atoms with Crippen molar-refractivity contribution in [3.8, 4) is 0 Å². The van der Waals surface area contributed by atoms with Gasteiger partial charge >= 0.3 is 0 Å².